The van der Waals surface area contributed by atoms with Gasteiger partial charge in [0.25, 0.3) is 0 Å². The largest absolute Gasteiger partial charge is 0.322 e. The summed E-state index contributed by atoms with van der Waals surface area (Å²) < 4.78 is 26.1. The molecule has 1 N–H and O–H groups in total. The molecule has 2 aliphatic rings. The van der Waals surface area contributed by atoms with Crippen molar-refractivity contribution in [3.05, 3.63) is 35.4 Å². The van der Waals surface area contributed by atoms with Crippen molar-refractivity contribution in [2.45, 2.75) is 19.0 Å². The predicted octanol–water partition coefficient (Wildman–Crippen LogP) is 1.81. The Morgan fingerprint density at radius 3 is 2.72 bits per heavy atom. The Balaban J connectivity index is 1.84. The van der Waals surface area contributed by atoms with Crippen LogP contribution < -0.4 is 5.32 Å². The van der Waals surface area contributed by atoms with Crippen molar-refractivity contribution in [2.24, 2.45) is 5.92 Å². The van der Waals surface area contributed by atoms with Gasteiger partial charge in [-0.3, -0.25) is 10.1 Å². The number of halogens is 2. The van der Waals surface area contributed by atoms with Crippen LogP contribution in [0.4, 0.5) is 8.78 Å². The number of nitrogens with zero attached hydrogens (tertiary/aromatic N) is 1. The standard InChI is InChI=1S/C13H14F2N2O/c14-10-4-3-9(5-11(10)15)13-16-6-12(18)17(13)7-8-1-2-8/h3-5,8,13,16H,1-2,6-7H2. The molecule has 1 aliphatic heterocycles. The van der Waals surface area contributed by atoms with E-state index in [4.69, 9.17) is 0 Å². The highest BCUT2D eigenvalue weighted by Crippen LogP contribution is 2.33. The van der Waals surface area contributed by atoms with Crippen molar-refractivity contribution in [1.29, 1.82) is 0 Å². The monoisotopic (exact) mass is 252 g/mol. The molecule has 0 aromatic heterocycles. The first-order chi connectivity index (χ1) is 8.65. The molecule has 3 nitrogen and oxygen atoms in total. The van der Waals surface area contributed by atoms with Gasteiger partial charge in [0, 0.05) is 6.54 Å². The zero-order valence-corrected chi connectivity index (χ0v) is 9.83. The first kappa shape index (κ1) is 11.6. The molecule has 1 amide bonds. The highest BCUT2D eigenvalue weighted by Gasteiger charge is 2.36. The van der Waals surface area contributed by atoms with E-state index >= 15 is 0 Å². The van der Waals surface area contributed by atoms with Gasteiger partial charge in [0.15, 0.2) is 11.6 Å². The molecule has 0 spiro atoms. The van der Waals surface area contributed by atoms with Gasteiger partial charge in [0.2, 0.25) is 5.91 Å². The summed E-state index contributed by atoms with van der Waals surface area (Å²) in [5.41, 5.74) is 0.598. The average Bonchev–Trinajstić information content (AvgIpc) is 3.09. The number of amides is 1. The SMILES string of the molecule is O=C1CNC(c2ccc(F)c(F)c2)N1CC1CC1. The molecule has 1 saturated carbocycles. The van der Waals surface area contributed by atoms with Gasteiger partial charge in [-0.15, -0.1) is 0 Å². The van der Waals surface area contributed by atoms with Crippen LogP contribution in [0.2, 0.25) is 0 Å². The fourth-order valence-electron chi connectivity index (χ4n) is 2.31. The van der Waals surface area contributed by atoms with Crippen LogP contribution in [-0.4, -0.2) is 23.9 Å². The van der Waals surface area contributed by atoms with E-state index in [-0.39, 0.29) is 18.6 Å². The predicted molar refractivity (Wildman–Crippen MR) is 61.5 cm³/mol. The lowest BCUT2D eigenvalue weighted by atomic mass is 10.1. The molecule has 96 valence electrons. The Morgan fingerprint density at radius 1 is 1.28 bits per heavy atom. The number of carbonyl (C=O) groups excluding carboxylic acids is 1. The van der Waals surface area contributed by atoms with E-state index < -0.39 is 11.6 Å². The Labute approximate surface area is 104 Å². The quantitative estimate of drug-likeness (QED) is 0.889. The van der Waals surface area contributed by atoms with E-state index in [0.29, 0.717) is 18.0 Å². The van der Waals surface area contributed by atoms with E-state index in [2.05, 4.69) is 5.32 Å². The maximum atomic E-state index is 13.2. The van der Waals surface area contributed by atoms with Crippen molar-refractivity contribution < 1.29 is 13.6 Å². The molecule has 18 heavy (non-hydrogen) atoms. The van der Waals surface area contributed by atoms with E-state index in [9.17, 15) is 13.6 Å². The molecule has 1 aromatic carbocycles. The van der Waals surface area contributed by atoms with Gasteiger partial charge in [-0.2, -0.15) is 0 Å². The summed E-state index contributed by atoms with van der Waals surface area (Å²) in [4.78, 5) is 13.5. The van der Waals surface area contributed by atoms with Crippen LogP contribution in [-0.2, 0) is 4.79 Å². The van der Waals surface area contributed by atoms with Crippen molar-refractivity contribution in [3.63, 3.8) is 0 Å². The molecule has 1 saturated heterocycles. The molecule has 1 atom stereocenters. The number of carbonyl (C=O) groups is 1. The van der Waals surface area contributed by atoms with Crippen molar-refractivity contribution in [3.8, 4) is 0 Å². The fraction of sp³-hybridized carbons (Fsp3) is 0.462. The lowest BCUT2D eigenvalue weighted by molar-refractivity contribution is -0.128. The second-order valence-electron chi connectivity index (χ2n) is 4.95. The van der Waals surface area contributed by atoms with Crippen LogP contribution in [0.25, 0.3) is 0 Å². The summed E-state index contributed by atoms with van der Waals surface area (Å²) in [5.74, 6) is -1.14. The number of hydrogen-bond acceptors (Lipinski definition) is 2. The van der Waals surface area contributed by atoms with E-state index in [1.165, 1.54) is 6.07 Å². The summed E-state index contributed by atoms with van der Waals surface area (Å²) in [6.45, 7) is 0.964. The van der Waals surface area contributed by atoms with Crippen LogP contribution in [0, 0.1) is 17.6 Å². The molecular weight excluding hydrogens is 238 g/mol. The molecule has 5 heteroatoms. The third-order valence-corrected chi connectivity index (χ3v) is 3.49. The summed E-state index contributed by atoms with van der Waals surface area (Å²) >= 11 is 0. The first-order valence-electron chi connectivity index (χ1n) is 6.13. The van der Waals surface area contributed by atoms with Crippen molar-refractivity contribution in [1.82, 2.24) is 10.2 Å². The van der Waals surface area contributed by atoms with Crippen LogP contribution in [0.3, 0.4) is 0 Å². The molecule has 0 radical (unpaired) electrons. The Morgan fingerprint density at radius 2 is 2.06 bits per heavy atom. The molecule has 1 heterocycles. The molecule has 1 aliphatic carbocycles. The minimum atomic E-state index is -0.875. The smallest absolute Gasteiger partial charge is 0.238 e. The summed E-state index contributed by atoms with van der Waals surface area (Å²) in [6, 6.07) is 3.78. The van der Waals surface area contributed by atoms with Gasteiger partial charge in [-0.1, -0.05) is 6.07 Å². The normalized spacial score (nSPS) is 23.8. The second kappa shape index (κ2) is 4.31. The third-order valence-electron chi connectivity index (χ3n) is 3.49. The Hall–Kier alpha value is -1.49. The second-order valence-corrected chi connectivity index (χ2v) is 4.95. The van der Waals surface area contributed by atoms with E-state index in [0.717, 1.165) is 25.0 Å². The topological polar surface area (TPSA) is 32.3 Å². The summed E-state index contributed by atoms with van der Waals surface area (Å²) in [6.07, 6.45) is 1.97. The van der Waals surface area contributed by atoms with Gasteiger partial charge in [-0.05, 0) is 36.5 Å². The van der Waals surface area contributed by atoms with Crippen LogP contribution in [0.15, 0.2) is 18.2 Å². The fourth-order valence-corrected chi connectivity index (χ4v) is 2.31. The van der Waals surface area contributed by atoms with Crippen LogP contribution in [0.1, 0.15) is 24.6 Å². The van der Waals surface area contributed by atoms with Crippen molar-refractivity contribution in [2.75, 3.05) is 13.1 Å². The molecule has 1 aromatic rings. The average molecular weight is 252 g/mol. The zero-order valence-electron chi connectivity index (χ0n) is 9.83. The van der Waals surface area contributed by atoms with Gasteiger partial charge >= 0.3 is 0 Å². The zero-order chi connectivity index (χ0) is 12.7. The lowest BCUT2D eigenvalue weighted by Crippen LogP contribution is -2.32. The maximum Gasteiger partial charge on any atom is 0.238 e. The number of benzene rings is 1. The Bertz CT molecular complexity index is 488. The van der Waals surface area contributed by atoms with E-state index in [1.54, 1.807) is 4.90 Å². The van der Waals surface area contributed by atoms with Gasteiger partial charge in [0.05, 0.1) is 6.54 Å². The van der Waals surface area contributed by atoms with Crippen molar-refractivity contribution >= 4 is 5.91 Å². The molecule has 2 fully saturated rings. The number of nitrogens with one attached hydrogen (secondary N) is 1. The molecule has 3 rings (SSSR count). The molecular formula is C13H14F2N2O. The summed E-state index contributed by atoms with van der Waals surface area (Å²) in [7, 11) is 0. The first-order valence-corrected chi connectivity index (χ1v) is 6.13. The molecule has 1 unspecified atom stereocenters. The summed E-state index contributed by atoms with van der Waals surface area (Å²) in [5, 5.41) is 3.04. The number of rotatable bonds is 3. The van der Waals surface area contributed by atoms with Crippen LogP contribution >= 0.6 is 0 Å². The van der Waals surface area contributed by atoms with Crippen LogP contribution in [0.5, 0.6) is 0 Å². The van der Waals surface area contributed by atoms with E-state index in [1.807, 2.05) is 0 Å². The van der Waals surface area contributed by atoms with Gasteiger partial charge < -0.3 is 4.90 Å². The number of hydrogen-bond donors (Lipinski definition) is 1. The van der Waals surface area contributed by atoms with Gasteiger partial charge in [-0.25, -0.2) is 8.78 Å². The molecule has 0 bridgehead atoms. The minimum Gasteiger partial charge on any atom is -0.322 e. The highest BCUT2D eigenvalue weighted by molar-refractivity contribution is 5.81. The maximum absolute atomic E-state index is 13.2. The third kappa shape index (κ3) is 2.10. The lowest BCUT2D eigenvalue weighted by Gasteiger charge is -2.24. The van der Waals surface area contributed by atoms with Gasteiger partial charge in [0.1, 0.15) is 6.17 Å². The highest BCUT2D eigenvalue weighted by atomic mass is 19.2. The Kier molecular flexibility index (Phi) is 2.78. The minimum absolute atomic E-state index is 0.0247.